The third kappa shape index (κ3) is 2.27. The Morgan fingerprint density at radius 3 is 2.59 bits per heavy atom. The average Bonchev–Trinajstić information content (AvgIpc) is 2.70. The Morgan fingerprint density at radius 2 is 2.00 bits per heavy atom. The van der Waals surface area contributed by atoms with Gasteiger partial charge in [-0.3, -0.25) is 4.79 Å². The van der Waals surface area contributed by atoms with Crippen LogP contribution in [0.3, 0.4) is 0 Å². The summed E-state index contributed by atoms with van der Waals surface area (Å²) in [5, 5.41) is 1.78. The summed E-state index contributed by atoms with van der Waals surface area (Å²) in [4.78, 5) is 12.1. The van der Waals surface area contributed by atoms with Crippen LogP contribution in [0.5, 0.6) is 0 Å². The van der Waals surface area contributed by atoms with Crippen molar-refractivity contribution in [3.05, 3.63) is 55.1 Å². The largest absolute Gasteiger partial charge is 0.287 e. The van der Waals surface area contributed by atoms with Gasteiger partial charge in [0.15, 0.2) is 5.82 Å². The van der Waals surface area contributed by atoms with Gasteiger partial charge in [0.1, 0.15) is 5.82 Å². The van der Waals surface area contributed by atoms with Gasteiger partial charge in [-0.25, -0.2) is 8.78 Å². The number of benzene rings is 1. The topological polar surface area (TPSA) is 17.1 Å². The van der Waals surface area contributed by atoms with Crippen molar-refractivity contribution in [3.63, 3.8) is 0 Å². The summed E-state index contributed by atoms with van der Waals surface area (Å²) in [6, 6.07) is 3.74. The predicted molar refractivity (Wildman–Crippen MR) is 66.8 cm³/mol. The smallest absolute Gasteiger partial charge is 0.210 e. The molecule has 88 valence electrons. The van der Waals surface area contributed by atoms with E-state index in [1.165, 1.54) is 12.1 Å². The first-order valence-corrected chi connectivity index (χ1v) is 6.48. The van der Waals surface area contributed by atoms with Gasteiger partial charge in [0.05, 0.1) is 19.9 Å². The van der Waals surface area contributed by atoms with Gasteiger partial charge in [-0.2, -0.15) is 0 Å². The molecule has 0 N–H and O–H groups in total. The molecule has 0 saturated heterocycles. The van der Waals surface area contributed by atoms with Gasteiger partial charge in [0.2, 0.25) is 5.78 Å². The van der Waals surface area contributed by atoms with Crippen molar-refractivity contribution in [1.82, 2.24) is 0 Å². The Labute approximate surface area is 113 Å². The van der Waals surface area contributed by atoms with Gasteiger partial charge in [-0.05, 0) is 39.5 Å². The van der Waals surface area contributed by atoms with E-state index < -0.39 is 23.0 Å². The number of halogens is 4. The lowest BCUT2D eigenvalue weighted by Crippen LogP contribution is -2.06. The number of carbonyl (C=O) groups excluding carboxylic acids is 1. The second kappa shape index (κ2) is 4.84. The average molecular weight is 338 g/mol. The molecule has 0 aliphatic rings. The third-order valence-corrected chi connectivity index (χ3v) is 4.05. The van der Waals surface area contributed by atoms with Gasteiger partial charge in [0, 0.05) is 0 Å². The molecule has 0 amide bonds. The number of hydrogen-bond acceptors (Lipinski definition) is 2. The molecule has 17 heavy (non-hydrogen) atoms. The van der Waals surface area contributed by atoms with E-state index in [1.807, 2.05) is 0 Å². The third-order valence-electron chi connectivity index (χ3n) is 2.09. The Balaban J connectivity index is 2.59. The molecule has 0 bridgehead atoms. The fourth-order valence-electron chi connectivity index (χ4n) is 1.30. The van der Waals surface area contributed by atoms with Gasteiger partial charge in [-0.1, -0.05) is 11.6 Å². The molecule has 1 nitrogen and oxygen atoms in total. The van der Waals surface area contributed by atoms with Crippen LogP contribution in [-0.4, -0.2) is 5.78 Å². The Bertz CT molecular complexity index is 597. The number of ketones is 1. The summed E-state index contributed by atoms with van der Waals surface area (Å²) >= 11 is 9.71. The van der Waals surface area contributed by atoms with Crippen LogP contribution >= 0.6 is 38.9 Å². The summed E-state index contributed by atoms with van der Waals surface area (Å²) in [5.74, 6) is -2.57. The lowest BCUT2D eigenvalue weighted by atomic mass is 10.1. The van der Waals surface area contributed by atoms with Crippen molar-refractivity contribution in [2.24, 2.45) is 0 Å². The number of hydrogen-bond donors (Lipinski definition) is 0. The normalized spacial score (nSPS) is 10.6. The Hall–Kier alpha value is -0.780. The van der Waals surface area contributed by atoms with Crippen molar-refractivity contribution in [2.45, 2.75) is 0 Å². The van der Waals surface area contributed by atoms with E-state index in [9.17, 15) is 13.6 Å². The second-order valence-electron chi connectivity index (χ2n) is 3.14. The SMILES string of the molecule is O=C(c1sccc1Cl)c1c(F)ccc(Br)c1F. The zero-order valence-electron chi connectivity index (χ0n) is 8.14. The van der Waals surface area contributed by atoms with Crippen LogP contribution in [0.2, 0.25) is 5.02 Å². The molecule has 1 heterocycles. The van der Waals surface area contributed by atoms with Crippen LogP contribution in [0.4, 0.5) is 8.78 Å². The first kappa shape index (κ1) is 12.7. The van der Waals surface area contributed by atoms with Crippen LogP contribution in [-0.2, 0) is 0 Å². The maximum Gasteiger partial charge on any atom is 0.210 e. The van der Waals surface area contributed by atoms with E-state index in [-0.39, 0.29) is 14.4 Å². The van der Waals surface area contributed by atoms with E-state index in [0.29, 0.717) is 0 Å². The maximum absolute atomic E-state index is 13.7. The Kier molecular flexibility index (Phi) is 3.61. The molecule has 0 fully saturated rings. The minimum absolute atomic E-state index is 0.0370. The highest BCUT2D eigenvalue weighted by Gasteiger charge is 2.23. The highest BCUT2D eigenvalue weighted by atomic mass is 79.9. The van der Waals surface area contributed by atoms with E-state index in [1.54, 1.807) is 5.38 Å². The molecule has 0 spiro atoms. The van der Waals surface area contributed by atoms with Gasteiger partial charge < -0.3 is 0 Å². The van der Waals surface area contributed by atoms with E-state index in [4.69, 9.17) is 11.6 Å². The summed E-state index contributed by atoms with van der Waals surface area (Å²) in [6.45, 7) is 0. The summed E-state index contributed by atoms with van der Waals surface area (Å²) in [7, 11) is 0. The van der Waals surface area contributed by atoms with Crippen molar-refractivity contribution in [3.8, 4) is 0 Å². The van der Waals surface area contributed by atoms with E-state index in [2.05, 4.69) is 15.9 Å². The number of rotatable bonds is 2. The fourth-order valence-corrected chi connectivity index (χ4v) is 2.72. The van der Waals surface area contributed by atoms with Crippen molar-refractivity contribution in [2.75, 3.05) is 0 Å². The lowest BCUT2D eigenvalue weighted by Gasteiger charge is -2.04. The molecule has 1 aromatic carbocycles. The minimum Gasteiger partial charge on any atom is -0.287 e. The molecule has 0 unspecified atom stereocenters. The maximum atomic E-state index is 13.7. The van der Waals surface area contributed by atoms with Crippen LogP contribution in [0.25, 0.3) is 0 Å². The molecule has 0 saturated carbocycles. The van der Waals surface area contributed by atoms with Gasteiger partial charge in [0.25, 0.3) is 0 Å². The zero-order chi connectivity index (χ0) is 12.6. The van der Waals surface area contributed by atoms with Crippen LogP contribution in [0, 0.1) is 11.6 Å². The molecule has 1 aromatic heterocycles. The highest BCUT2D eigenvalue weighted by Crippen LogP contribution is 2.29. The van der Waals surface area contributed by atoms with E-state index >= 15 is 0 Å². The summed E-state index contributed by atoms with van der Waals surface area (Å²) in [5.41, 5.74) is -0.594. The van der Waals surface area contributed by atoms with Gasteiger partial charge in [-0.15, -0.1) is 11.3 Å². The van der Waals surface area contributed by atoms with Gasteiger partial charge >= 0.3 is 0 Å². The molecular weight excluding hydrogens is 334 g/mol. The molecule has 0 atom stereocenters. The molecule has 0 radical (unpaired) electrons. The van der Waals surface area contributed by atoms with E-state index in [0.717, 1.165) is 17.4 Å². The summed E-state index contributed by atoms with van der Waals surface area (Å²) < 4.78 is 27.2. The van der Waals surface area contributed by atoms with Crippen LogP contribution in [0.15, 0.2) is 28.1 Å². The highest BCUT2D eigenvalue weighted by molar-refractivity contribution is 9.10. The molecular formula is C11H4BrClF2OS. The molecule has 2 aromatic rings. The number of thiophene rings is 1. The summed E-state index contributed by atoms with van der Waals surface area (Å²) in [6.07, 6.45) is 0. The monoisotopic (exact) mass is 336 g/mol. The van der Waals surface area contributed by atoms with Crippen molar-refractivity contribution in [1.29, 1.82) is 0 Å². The Morgan fingerprint density at radius 1 is 1.29 bits per heavy atom. The van der Waals surface area contributed by atoms with Crippen molar-refractivity contribution >= 4 is 44.7 Å². The fraction of sp³-hybridized carbons (Fsp3) is 0. The van der Waals surface area contributed by atoms with Crippen molar-refractivity contribution < 1.29 is 13.6 Å². The first-order valence-electron chi connectivity index (χ1n) is 4.43. The molecule has 6 heteroatoms. The quantitative estimate of drug-likeness (QED) is 0.575. The lowest BCUT2D eigenvalue weighted by molar-refractivity contribution is 0.103. The standard InChI is InChI=1S/C11H4BrClF2OS/c12-5-1-2-7(14)8(9(5)15)10(16)11-6(13)3-4-17-11/h1-4H. The van der Waals surface area contributed by atoms with Crippen LogP contribution in [0.1, 0.15) is 15.2 Å². The number of carbonyl (C=O) groups is 1. The van der Waals surface area contributed by atoms with Crippen LogP contribution < -0.4 is 0 Å². The zero-order valence-corrected chi connectivity index (χ0v) is 11.3. The predicted octanol–water partition coefficient (Wildman–Crippen LogP) is 4.67. The molecule has 2 rings (SSSR count). The minimum atomic E-state index is -0.917. The molecule has 0 aliphatic carbocycles. The first-order chi connectivity index (χ1) is 8.02. The molecule has 0 aliphatic heterocycles. The second-order valence-corrected chi connectivity index (χ2v) is 5.32.